The van der Waals surface area contributed by atoms with E-state index < -0.39 is 17.6 Å². The fraction of sp³-hybridized carbons (Fsp3) is 0.414. The monoisotopic (exact) mass is 508 g/mol. The SMILES string of the molecule is COC(=O)C1C=CC=CC1c1cc(OC)cc(N(Cc2ncc(C)c(OC)c2C)C(=O)OC(C)(C)C)c1. The van der Waals surface area contributed by atoms with Gasteiger partial charge in [-0.3, -0.25) is 14.7 Å². The van der Waals surface area contributed by atoms with Crippen LogP contribution in [0.4, 0.5) is 10.5 Å². The molecule has 0 saturated heterocycles. The second-order valence-corrected chi connectivity index (χ2v) is 9.92. The third-order valence-corrected chi connectivity index (χ3v) is 6.13. The van der Waals surface area contributed by atoms with Crippen LogP contribution in [0, 0.1) is 19.8 Å². The van der Waals surface area contributed by atoms with Gasteiger partial charge in [0.25, 0.3) is 0 Å². The average Bonchev–Trinajstić information content (AvgIpc) is 2.86. The standard InChI is InChI=1S/C29H36N2O6/c1-18-16-30-25(19(2)26(18)35-7)17-31(28(33)37-29(3,4)5)21-13-20(14-22(15-21)34-6)23-11-9-10-12-24(23)27(32)36-8/h9-16,23-24H,17H2,1-8H3. The molecule has 1 heterocycles. The summed E-state index contributed by atoms with van der Waals surface area (Å²) in [6, 6.07) is 5.50. The summed E-state index contributed by atoms with van der Waals surface area (Å²) in [4.78, 5) is 32.1. The van der Waals surface area contributed by atoms with Crippen molar-refractivity contribution in [2.75, 3.05) is 26.2 Å². The minimum Gasteiger partial charge on any atom is -0.497 e. The number of pyridine rings is 1. The Labute approximate surface area is 218 Å². The number of nitrogens with zero attached hydrogens (tertiary/aromatic N) is 2. The number of allylic oxidation sites excluding steroid dienone is 3. The molecule has 0 aliphatic heterocycles. The Bertz CT molecular complexity index is 1210. The molecule has 0 bridgehead atoms. The van der Waals surface area contributed by atoms with Gasteiger partial charge in [0.05, 0.1) is 45.2 Å². The highest BCUT2D eigenvalue weighted by molar-refractivity contribution is 5.88. The van der Waals surface area contributed by atoms with Gasteiger partial charge >= 0.3 is 12.1 Å². The van der Waals surface area contributed by atoms with Crippen LogP contribution in [-0.2, 0) is 20.8 Å². The van der Waals surface area contributed by atoms with Gasteiger partial charge in [-0.2, -0.15) is 0 Å². The number of amides is 1. The van der Waals surface area contributed by atoms with Crippen molar-refractivity contribution in [1.82, 2.24) is 4.98 Å². The van der Waals surface area contributed by atoms with E-state index in [2.05, 4.69) is 4.98 Å². The van der Waals surface area contributed by atoms with Crippen molar-refractivity contribution < 1.29 is 28.5 Å². The molecular weight excluding hydrogens is 472 g/mol. The maximum absolute atomic E-state index is 13.5. The van der Waals surface area contributed by atoms with E-state index in [0.29, 0.717) is 17.1 Å². The molecule has 3 rings (SSSR count). The van der Waals surface area contributed by atoms with Crippen LogP contribution >= 0.6 is 0 Å². The number of hydrogen-bond acceptors (Lipinski definition) is 7. The molecule has 37 heavy (non-hydrogen) atoms. The lowest BCUT2D eigenvalue weighted by molar-refractivity contribution is -0.144. The zero-order valence-corrected chi connectivity index (χ0v) is 22.8. The van der Waals surface area contributed by atoms with Crippen molar-refractivity contribution in [2.24, 2.45) is 5.92 Å². The van der Waals surface area contributed by atoms with Gasteiger partial charge in [-0.15, -0.1) is 0 Å². The van der Waals surface area contributed by atoms with Crippen LogP contribution in [-0.4, -0.2) is 44.0 Å². The van der Waals surface area contributed by atoms with Crippen LogP contribution in [0.15, 0.2) is 48.7 Å². The quantitative estimate of drug-likeness (QED) is 0.446. The topological polar surface area (TPSA) is 87.2 Å². The number of ether oxygens (including phenoxy) is 4. The molecule has 8 heteroatoms. The van der Waals surface area contributed by atoms with Crippen LogP contribution in [0.25, 0.3) is 0 Å². The Balaban J connectivity index is 2.13. The molecule has 1 aliphatic rings. The Morgan fingerprint density at radius 3 is 2.32 bits per heavy atom. The lowest BCUT2D eigenvalue weighted by Crippen LogP contribution is -2.37. The Hall–Kier alpha value is -3.81. The lowest BCUT2D eigenvalue weighted by atomic mass is 9.82. The first-order valence-corrected chi connectivity index (χ1v) is 12.1. The van der Waals surface area contributed by atoms with E-state index in [9.17, 15) is 9.59 Å². The van der Waals surface area contributed by atoms with Crippen molar-refractivity contribution in [3.8, 4) is 11.5 Å². The zero-order valence-electron chi connectivity index (χ0n) is 22.8. The molecule has 198 valence electrons. The predicted molar refractivity (Wildman–Crippen MR) is 142 cm³/mol. The largest absolute Gasteiger partial charge is 0.497 e. The van der Waals surface area contributed by atoms with Gasteiger partial charge < -0.3 is 18.9 Å². The highest BCUT2D eigenvalue weighted by atomic mass is 16.6. The van der Waals surface area contributed by atoms with Crippen LogP contribution in [0.3, 0.4) is 0 Å². The molecule has 1 aromatic carbocycles. The number of carbonyl (C=O) groups is 2. The Morgan fingerprint density at radius 2 is 1.70 bits per heavy atom. The van der Waals surface area contributed by atoms with Gasteiger partial charge in [0.1, 0.15) is 17.1 Å². The fourth-order valence-corrected chi connectivity index (χ4v) is 4.32. The number of anilines is 1. The van der Waals surface area contributed by atoms with Crippen molar-refractivity contribution in [2.45, 2.75) is 52.7 Å². The third kappa shape index (κ3) is 6.50. The van der Waals surface area contributed by atoms with Crippen molar-refractivity contribution in [3.63, 3.8) is 0 Å². The fourth-order valence-electron chi connectivity index (χ4n) is 4.32. The average molecular weight is 509 g/mol. The van der Waals surface area contributed by atoms with Gasteiger partial charge in [0.2, 0.25) is 0 Å². The number of carbonyl (C=O) groups excluding carboxylic acids is 2. The van der Waals surface area contributed by atoms with E-state index >= 15 is 0 Å². The minimum absolute atomic E-state index is 0.144. The van der Waals surface area contributed by atoms with Crippen LogP contribution < -0.4 is 14.4 Å². The predicted octanol–water partition coefficient (Wildman–Crippen LogP) is 5.66. The Morgan fingerprint density at radius 1 is 1.00 bits per heavy atom. The highest BCUT2D eigenvalue weighted by Crippen LogP contribution is 2.37. The first-order valence-electron chi connectivity index (χ1n) is 12.1. The van der Waals surface area contributed by atoms with Crippen LogP contribution in [0.2, 0.25) is 0 Å². The highest BCUT2D eigenvalue weighted by Gasteiger charge is 2.31. The van der Waals surface area contributed by atoms with E-state index in [1.807, 2.05) is 71.1 Å². The first kappa shape index (κ1) is 27.8. The second-order valence-electron chi connectivity index (χ2n) is 9.92. The van der Waals surface area contributed by atoms with Gasteiger partial charge in [-0.1, -0.05) is 24.3 Å². The van der Waals surface area contributed by atoms with Gasteiger partial charge in [0.15, 0.2) is 0 Å². The number of esters is 1. The van der Waals surface area contributed by atoms with Crippen molar-refractivity contribution in [1.29, 1.82) is 0 Å². The maximum Gasteiger partial charge on any atom is 0.415 e. The summed E-state index contributed by atoms with van der Waals surface area (Å²) in [7, 11) is 4.55. The van der Waals surface area contributed by atoms with E-state index in [4.69, 9.17) is 18.9 Å². The van der Waals surface area contributed by atoms with Crippen LogP contribution in [0.5, 0.6) is 11.5 Å². The van der Waals surface area contributed by atoms with Gasteiger partial charge in [0, 0.05) is 29.3 Å². The molecule has 1 aromatic heterocycles. The normalized spacial score (nSPS) is 16.8. The number of aromatic nitrogens is 1. The molecule has 2 aromatic rings. The number of benzene rings is 1. The van der Waals surface area contributed by atoms with Gasteiger partial charge in [-0.05, 0) is 52.3 Å². The van der Waals surface area contributed by atoms with Crippen molar-refractivity contribution in [3.05, 3.63) is 71.1 Å². The number of methoxy groups -OCH3 is 3. The summed E-state index contributed by atoms with van der Waals surface area (Å²) in [5.41, 5.74) is 3.05. The smallest absolute Gasteiger partial charge is 0.415 e. The summed E-state index contributed by atoms with van der Waals surface area (Å²) >= 11 is 0. The Kier molecular flexibility index (Phi) is 8.63. The molecule has 1 aliphatic carbocycles. The van der Waals surface area contributed by atoms with E-state index in [1.54, 1.807) is 26.5 Å². The third-order valence-electron chi connectivity index (χ3n) is 6.13. The molecule has 0 fully saturated rings. The van der Waals surface area contributed by atoms with E-state index in [1.165, 1.54) is 12.0 Å². The molecule has 0 spiro atoms. The summed E-state index contributed by atoms with van der Waals surface area (Å²) in [6.07, 6.45) is 8.66. The molecular formula is C29H36N2O6. The van der Waals surface area contributed by atoms with Crippen LogP contribution in [0.1, 0.15) is 49.1 Å². The number of aryl methyl sites for hydroxylation is 1. The molecule has 0 saturated carbocycles. The maximum atomic E-state index is 13.5. The summed E-state index contributed by atoms with van der Waals surface area (Å²) in [5.74, 6) is 0.117. The summed E-state index contributed by atoms with van der Waals surface area (Å²) in [6.45, 7) is 9.44. The summed E-state index contributed by atoms with van der Waals surface area (Å²) < 4.78 is 22.0. The van der Waals surface area contributed by atoms with E-state index in [0.717, 1.165) is 22.4 Å². The second kappa shape index (κ2) is 11.5. The first-order chi connectivity index (χ1) is 17.5. The number of rotatable bonds is 7. The zero-order chi connectivity index (χ0) is 27.3. The van der Waals surface area contributed by atoms with Gasteiger partial charge in [-0.25, -0.2) is 4.79 Å². The van der Waals surface area contributed by atoms with E-state index in [-0.39, 0.29) is 18.4 Å². The molecule has 8 nitrogen and oxygen atoms in total. The molecule has 2 unspecified atom stereocenters. The minimum atomic E-state index is -0.711. The molecule has 1 amide bonds. The number of hydrogen-bond donors (Lipinski definition) is 0. The summed E-state index contributed by atoms with van der Waals surface area (Å²) in [5, 5.41) is 0. The van der Waals surface area contributed by atoms with Crippen molar-refractivity contribution >= 4 is 17.7 Å². The lowest BCUT2D eigenvalue weighted by Gasteiger charge is -2.29. The molecule has 2 atom stereocenters. The molecule has 0 N–H and O–H groups in total. The molecule has 0 radical (unpaired) electrons.